The van der Waals surface area contributed by atoms with E-state index < -0.39 is 0 Å². The molecule has 0 fully saturated rings. The molecule has 0 saturated heterocycles. The molecule has 0 aliphatic heterocycles. The van der Waals surface area contributed by atoms with Crippen LogP contribution in [0, 0.1) is 0 Å². The molecular weight excluding hydrogens is 320 g/mol. The fraction of sp³-hybridized carbons (Fsp3) is 0. The first kappa shape index (κ1) is 12.6. The topological polar surface area (TPSA) is 17.1 Å². The van der Waals surface area contributed by atoms with Crippen molar-refractivity contribution in [2.45, 2.75) is 0 Å². The van der Waals surface area contributed by atoms with Gasteiger partial charge < -0.3 is 0 Å². The molecule has 17 heavy (non-hydrogen) atoms. The number of rotatable bonds is 3. The Kier molecular flexibility index (Phi) is 4.15. The van der Waals surface area contributed by atoms with E-state index in [1.807, 2.05) is 24.3 Å². The Hall–Kier alpha value is -0.900. The fourth-order valence-corrected chi connectivity index (χ4v) is 2.69. The van der Waals surface area contributed by atoms with Gasteiger partial charge in [0.25, 0.3) is 0 Å². The van der Waals surface area contributed by atoms with Crippen LogP contribution in [0.1, 0.15) is 15.2 Å². The SMILES string of the molecule is O=C(C=Cc1cccc(Br)c1)c1ccc(Cl)s1. The molecule has 0 unspecified atom stereocenters. The van der Waals surface area contributed by atoms with Crippen molar-refractivity contribution in [2.24, 2.45) is 0 Å². The number of halogens is 2. The minimum absolute atomic E-state index is 0.0260. The number of thiophene rings is 1. The largest absolute Gasteiger partial charge is 0.288 e. The van der Waals surface area contributed by atoms with Gasteiger partial charge in [-0.15, -0.1) is 11.3 Å². The summed E-state index contributed by atoms with van der Waals surface area (Å²) in [5, 5.41) is 0. The fourth-order valence-electron chi connectivity index (χ4n) is 1.31. The molecule has 0 atom stereocenters. The van der Waals surface area contributed by atoms with Crippen molar-refractivity contribution < 1.29 is 4.79 Å². The van der Waals surface area contributed by atoms with E-state index >= 15 is 0 Å². The Balaban J connectivity index is 2.13. The molecule has 4 heteroatoms. The Morgan fingerprint density at radius 3 is 2.76 bits per heavy atom. The number of carbonyl (C=O) groups excluding carboxylic acids is 1. The predicted molar refractivity (Wildman–Crippen MR) is 76.8 cm³/mol. The minimum atomic E-state index is -0.0260. The van der Waals surface area contributed by atoms with E-state index in [1.54, 1.807) is 24.3 Å². The second-order valence-corrected chi connectivity index (χ2v) is 5.99. The van der Waals surface area contributed by atoms with Crippen LogP contribution < -0.4 is 0 Å². The second kappa shape index (κ2) is 5.63. The summed E-state index contributed by atoms with van der Waals surface area (Å²) in [6.45, 7) is 0. The van der Waals surface area contributed by atoms with E-state index in [4.69, 9.17) is 11.6 Å². The van der Waals surface area contributed by atoms with Gasteiger partial charge in [0.2, 0.25) is 0 Å². The average molecular weight is 328 g/mol. The Morgan fingerprint density at radius 2 is 2.12 bits per heavy atom. The lowest BCUT2D eigenvalue weighted by Gasteiger charge is -1.93. The number of carbonyl (C=O) groups is 1. The van der Waals surface area contributed by atoms with Crippen LogP contribution in [-0.4, -0.2) is 5.78 Å². The third-order valence-electron chi connectivity index (χ3n) is 2.09. The molecule has 0 aliphatic carbocycles. The van der Waals surface area contributed by atoms with Crippen molar-refractivity contribution in [1.82, 2.24) is 0 Å². The van der Waals surface area contributed by atoms with Crippen LogP contribution in [-0.2, 0) is 0 Å². The maximum Gasteiger partial charge on any atom is 0.195 e. The maximum absolute atomic E-state index is 11.8. The summed E-state index contributed by atoms with van der Waals surface area (Å²) in [5.74, 6) is -0.0260. The van der Waals surface area contributed by atoms with Crippen molar-refractivity contribution in [3.05, 3.63) is 61.7 Å². The lowest BCUT2D eigenvalue weighted by molar-refractivity contribution is 0.105. The molecule has 0 aliphatic rings. The zero-order valence-electron chi connectivity index (χ0n) is 8.69. The molecule has 0 saturated carbocycles. The zero-order valence-corrected chi connectivity index (χ0v) is 11.8. The van der Waals surface area contributed by atoms with Gasteiger partial charge in [-0.2, -0.15) is 0 Å². The van der Waals surface area contributed by atoms with Crippen molar-refractivity contribution in [3.63, 3.8) is 0 Å². The van der Waals surface area contributed by atoms with Crippen LogP contribution in [0.25, 0.3) is 6.08 Å². The van der Waals surface area contributed by atoms with Crippen molar-refractivity contribution in [2.75, 3.05) is 0 Å². The van der Waals surface area contributed by atoms with Gasteiger partial charge >= 0.3 is 0 Å². The Bertz CT molecular complexity index is 574. The van der Waals surface area contributed by atoms with Crippen LogP contribution in [0.2, 0.25) is 4.34 Å². The van der Waals surface area contributed by atoms with Gasteiger partial charge in [0.1, 0.15) is 0 Å². The number of ketones is 1. The molecular formula is C13H8BrClOS. The molecule has 0 N–H and O–H groups in total. The Morgan fingerprint density at radius 1 is 1.29 bits per heavy atom. The first-order valence-corrected chi connectivity index (χ1v) is 6.87. The lowest BCUT2D eigenvalue weighted by atomic mass is 10.2. The van der Waals surface area contributed by atoms with E-state index in [0.29, 0.717) is 9.21 Å². The monoisotopic (exact) mass is 326 g/mol. The van der Waals surface area contributed by atoms with E-state index in [-0.39, 0.29) is 5.78 Å². The van der Waals surface area contributed by atoms with Crippen LogP contribution in [0.3, 0.4) is 0 Å². The summed E-state index contributed by atoms with van der Waals surface area (Å²) in [7, 11) is 0. The van der Waals surface area contributed by atoms with Crippen molar-refractivity contribution in [1.29, 1.82) is 0 Å². The predicted octanol–water partition coefficient (Wildman–Crippen LogP) is 5.06. The highest BCUT2D eigenvalue weighted by atomic mass is 79.9. The standard InChI is InChI=1S/C13H8BrClOS/c14-10-3-1-2-9(8-10)4-5-11(16)12-6-7-13(15)17-12/h1-8H. The van der Waals surface area contributed by atoms with Crippen LogP contribution in [0.5, 0.6) is 0 Å². The van der Waals surface area contributed by atoms with Crippen LogP contribution >= 0.6 is 38.9 Å². The van der Waals surface area contributed by atoms with Gasteiger partial charge in [-0.25, -0.2) is 0 Å². The quantitative estimate of drug-likeness (QED) is 0.569. The zero-order chi connectivity index (χ0) is 12.3. The normalized spacial score (nSPS) is 10.9. The van der Waals surface area contributed by atoms with E-state index in [1.165, 1.54) is 11.3 Å². The van der Waals surface area contributed by atoms with E-state index in [2.05, 4.69) is 15.9 Å². The molecule has 1 aromatic carbocycles. The van der Waals surface area contributed by atoms with Gasteiger partial charge in [-0.05, 0) is 35.9 Å². The minimum Gasteiger partial charge on any atom is -0.288 e. The molecule has 1 aromatic heterocycles. The summed E-state index contributed by atoms with van der Waals surface area (Å²) in [4.78, 5) is 12.4. The number of hydrogen-bond donors (Lipinski definition) is 0. The third-order valence-corrected chi connectivity index (χ3v) is 3.83. The molecule has 2 aromatic rings. The number of allylic oxidation sites excluding steroid dienone is 1. The van der Waals surface area contributed by atoms with Gasteiger partial charge in [-0.3, -0.25) is 4.79 Å². The lowest BCUT2D eigenvalue weighted by Crippen LogP contribution is -1.88. The van der Waals surface area contributed by atoms with Gasteiger partial charge in [-0.1, -0.05) is 45.7 Å². The molecule has 1 heterocycles. The summed E-state index contributed by atoms with van der Waals surface area (Å²) in [5.41, 5.74) is 0.982. The maximum atomic E-state index is 11.8. The van der Waals surface area contributed by atoms with E-state index in [9.17, 15) is 4.79 Å². The molecule has 86 valence electrons. The molecule has 0 bridgehead atoms. The second-order valence-electron chi connectivity index (χ2n) is 3.36. The average Bonchev–Trinajstić information content (AvgIpc) is 2.73. The van der Waals surface area contributed by atoms with Gasteiger partial charge in [0.15, 0.2) is 5.78 Å². The highest BCUT2D eigenvalue weighted by Crippen LogP contribution is 2.22. The van der Waals surface area contributed by atoms with Crippen LogP contribution in [0.4, 0.5) is 0 Å². The molecule has 0 radical (unpaired) electrons. The highest BCUT2D eigenvalue weighted by molar-refractivity contribution is 9.10. The van der Waals surface area contributed by atoms with Crippen LogP contribution in [0.15, 0.2) is 46.9 Å². The molecule has 1 nitrogen and oxygen atoms in total. The van der Waals surface area contributed by atoms with Gasteiger partial charge in [0, 0.05) is 4.47 Å². The summed E-state index contributed by atoms with van der Waals surface area (Å²) < 4.78 is 1.62. The third kappa shape index (κ3) is 3.53. The molecule has 0 spiro atoms. The summed E-state index contributed by atoms with van der Waals surface area (Å²) >= 11 is 10.5. The first-order chi connectivity index (χ1) is 8.15. The molecule has 2 rings (SSSR count). The van der Waals surface area contributed by atoms with E-state index in [0.717, 1.165) is 10.0 Å². The van der Waals surface area contributed by atoms with Crippen molar-refractivity contribution in [3.8, 4) is 0 Å². The summed E-state index contributed by atoms with van der Waals surface area (Å²) in [6.07, 6.45) is 3.35. The number of benzene rings is 1. The number of hydrogen-bond acceptors (Lipinski definition) is 2. The van der Waals surface area contributed by atoms with Crippen molar-refractivity contribution >= 4 is 50.7 Å². The Labute approximate surface area is 117 Å². The first-order valence-electron chi connectivity index (χ1n) is 4.88. The smallest absolute Gasteiger partial charge is 0.195 e. The molecule has 0 amide bonds. The highest BCUT2D eigenvalue weighted by Gasteiger charge is 2.04. The van der Waals surface area contributed by atoms with Gasteiger partial charge in [0.05, 0.1) is 9.21 Å². The summed E-state index contributed by atoms with van der Waals surface area (Å²) in [6, 6.07) is 11.2.